The maximum Gasteiger partial charge on any atom is 0.191 e. The summed E-state index contributed by atoms with van der Waals surface area (Å²) in [5.41, 5.74) is 0. The second-order valence-electron chi connectivity index (χ2n) is 6.96. The van der Waals surface area contributed by atoms with Gasteiger partial charge in [-0.25, -0.2) is 0 Å². The number of aliphatic imine (C=N–C) groups is 1. The molecule has 2 N–H and O–H groups in total. The lowest BCUT2D eigenvalue weighted by molar-refractivity contribution is 0.136. The molecule has 0 bridgehead atoms. The Kier molecular flexibility index (Phi) is 12.0. The molecule has 6 heteroatoms. The van der Waals surface area contributed by atoms with Crippen molar-refractivity contribution < 1.29 is 0 Å². The van der Waals surface area contributed by atoms with E-state index >= 15 is 0 Å². The van der Waals surface area contributed by atoms with Gasteiger partial charge < -0.3 is 20.4 Å². The van der Waals surface area contributed by atoms with Crippen LogP contribution in [0.4, 0.5) is 0 Å². The minimum atomic E-state index is 0. The molecule has 1 aliphatic heterocycles. The van der Waals surface area contributed by atoms with Gasteiger partial charge in [-0.2, -0.15) is 0 Å². The van der Waals surface area contributed by atoms with Gasteiger partial charge in [0.05, 0.1) is 0 Å². The van der Waals surface area contributed by atoms with E-state index in [1.165, 1.54) is 84.2 Å². The number of rotatable bonds is 7. The molecule has 24 heavy (non-hydrogen) atoms. The molecule has 2 fully saturated rings. The molecular formula is C18H38IN5. The lowest BCUT2D eigenvalue weighted by atomic mass is 9.96. The number of likely N-dealkylation sites (N-methyl/N-ethyl adjacent to an activating group) is 1. The Balaban J connectivity index is 0.00000288. The number of hydrogen-bond donors (Lipinski definition) is 2. The van der Waals surface area contributed by atoms with Crippen LogP contribution in [0.3, 0.4) is 0 Å². The lowest BCUT2D eigenvalue weighted by Gasteiger charge is -2.34. The lowest BCUT2D eigenvalue weighted by Crippen LogP contribution is -2.46. The van der Waals surface area contributed by atoms with E-state index in [0.29, 0.717) is 6.04 Å². The summed E-state index contributed by atoms with van der Waals surface area (Å²) in [6.07, 6.45) is 9.21. The summed E-state index contributed by atoms with van der Waals surface area (Å²) < 4.78 is 0. The molecule has 0 aromatic heterocycles. The van der Waals surface area contributed by atoms with E-state index in [1.807, 2.05) is 7.05 Å². The van der Waals surface area contributed by atoms with Crippen LogP contribution >= 0.6 is 24.0 Å². The Morgan fingerprint density at radius 1 is 1.00 bits per heavy atom. The molecule has 1 saturated carbocycles. The molecule has 0 amide bonds. The zero-order valence-corrected chi connectivity index (χ0v) is 18.1. The Morgan fingerprint density at radius 2 is 1.67 bits per heavy atom. The van der Waals surface area contributed by atoms with Crippen LogP contribution in [0.2, 0.25) is 0 Å². The van der Waals surface area contributed by atoms with Crippen LogP contribution in [0, 0.1) is 0 Å². The number of halogens is 1. The average Bonchev–Trinajstić information content (AvgIpc) is 2.62. The second kappa shape index (κ2) is 13.2. The van der Waals surface area contributed by atoms with E-state index in [0.717, 1.165) is 12.5 Å². The van der Waals surface area contributed by atoms with Crippen molar-refractivity contribution in [2.24, 2.45) is 4.99 Å². The third-order valence-corrected chi connectivity index (χ3v) is 5.28. The molecule has 142 valence electrons. The summed E-state index contributed by atoms with van der Waals surface area (Å²) in [4.78, 5) is 9.52. The molecule has 2 rings (SSSR count). The van der Waals surface area contributed by atoms with Gasteiger partial charge in [-0.05, 0) is 38.8 Å². The Hall–Kier alpha value is -0.0800. The molecule has 1 aliphatic carbocycles. The van der Waals surface area contributed by atoms with Gasteiger partial charge in [-0.15, -0.1) is 24.0 Å². The van der Waals surface area contributed by atoms with Crippen molar-refractivity contribution in [3.8, 4) is 0 Å². The fourth-order valence-electron chi connectivity index (χ4n) is 3.63. The standard InChI is InChI=1S/C18H37N5.HI/c1-3-22-13-15-23(16-14-22)12-8-7-11-20-18(19-2)21-17-9-5-4-6-10-17;/h17H,3-16H2,1-2H3,(H2,19,20,21);1H. The minimum absolute atomic E-state index is 0. The molecule has 2 aliphatic rings. The van der Waals surface area contributed by atoms with Gasteiger partial charge >= 0.3 is 0 Å². The monoisotopic (exact) mass is 451 g/mol. The van der Waals surface area contributed by atoms with Gasteiger partial charge in [0.25, 0.3) is 0 Å². The predicted octanol–water partition coefficient (Wildman–Crippen LogP) is 2.52. The smallest absolute Gasteiger partial charge is 0.191 e. The summed E-state index contributed by atoms with van der Waals surface area (Å²) in [6, 6.07) is 0.629. The van der Waals surface area contributed by atoms with Crippen LogP contribution in [0.25, 0.3) is 0 Å². The number of nitrogens with one attached hydrogen (secondary N) is 2. The Morgan fingerprint density at radius 3 is 2.29 bits per heavy atom. The van der Waals surface area contributed by atoms with E-state index in [4.69, 9.17) is 0 Å². The highest BCUT2D eigenvalue weighted by Gasteiger charge is 2.15. The summed E-state index contributed by atoms with van der Waals surface area (Å²) in [5, 5.41) is 7.06. The summed E-state index contributed by atoms with van der Waals surface area (Å²) in [6.45, 7) is 10.7. The van der Waals surface area contributed by atoms with Crippen molar-refractivity contribution in [3.63, 3.8) is 0 Å². The molecule has 0 atom stereocenters. The van der Waals surface area contributed by atoms with Crippen molar-refractivity contribution in [2.75, 3.05) is 52.9 Å². The van der Waals surface area contributed by atoms with Gasteiger partial charge in [0.15, 0.2) is 5.96 Å². The number of piperazine rings is 1. The quantitative estimate of drug-likeness (QED) is 0.270. The summed E-state index contributed by atoms with van der Waals surface area (Å²) >= 11 is 0. The van der Waals surface area contributed by atoms with Crippen LogP contribution < -0.4 is 10.6 Å². The van der Waals surface area contributed by atoms with Crippen molar-refractivity contribution in [1.82, 2.24) is 20.4 Å². The third kappa shape index (κ3) is 8.34. The highest BCUT2D eigenvalue weighted by Crippen LogP contribution is 2.17. The normalized spacial score (nSPS) is 21.3. The molecule has 5 nitrogen and oxygen atoms in total. The van der Waals surface area contributed by atoms with E-state index in [-0.39, 0.29) is 24.0 Å². The molecule has 0 spiro atoms. The molecule has 0 unspecified atom stereocenters. The van der Waals surface area contributed by atoms with Gasteiger partial charge in [0.1, 0.15) is 0 Å². The van der Waals surface area contributed by atoms with Gasteiger partial charge in [0, 0.05) is 45.8 Å². The second-order valence-corrected chi connectivity index (χ2v) is 6.96. The predicted molar refractivity (Wildman–Crippen MR) is 115 cm³/mol. The van der Waals surface area contributed by atoms with Crippen LogP contribution in [-0.2, 0) is 0 Å². The number of nitrogens with zero attached hydrogens (tertiary/aromatic N) is 3. The Bertz CT molecular complexity index is 336. The van der Waals surface area contributed by atoms with Gasteiger partial charge in [-0.3, -0.25) is 4.99 Å². The first-order valence-electron chi connectivity index (χ1n) is 9.73. The largest absolute Gasteiger partial charge is 0.356 e. The molecule has 0 radical (unpaired) electrons. The molecule has 0 aromatic carbocycles. The van der Waals surface area contributed by atoms with Gasteiger partial charge in [0.2, 0.25) is 0 Å². The van der Waals surface area contributed by atoms with E-state index in [2.05, 4.69) is 32.3 Å². The maximum atomic E-state index is 4.37. The van der Waals surface area contributed by atoms with Crippen LogP contribution in [0.15, 0.2) is 4.99 Å². The molecule has 0 aromatic rings. The number of hydrogen-bond acceptors (Lipinski definition) is 3. The minimum Gasteiger partial charge on any atom is -0.356 e. The van der Waals surface area contributed by atoms with E-state index < -0.39 is 0 Å². The van der Waals surface area contributed by atoms with Crippen molar-refractivity contribution >= 4 is 29.9 Å². The van der Waals surface area contributed by atoms with Gasteiger partial charge in [-0.1, -0.05) is 26.2 Å². The average molecular weight is 451 g/mol. The SMILES string of the molecule is CCN1CCN(CCCCNC(=NC)NC2CCCCC2)CC1.I. The van der Waals surface area contributed by atoms with Crippen molar-refractivity contribution in [2.45, 2.75) is 57.9 Å². The van der Waals surface area contributed by atoms with E-state index in [1.54, 1.807) is 0 Å². The zero-order chi connectivity index (χ0) is 16.3. The van der Waals surface area contributed by atoms with E-state index in [9.17, 15) is 0 Å². The Labute approximate surface area is 166 Å². The van der Waals surface area contributed by atoms with Crippen LogP contribution in [0.1, 0.15) is 51.9 Å². The first-order chi connectivity index (χ1) is 11.3. The van der Waals surface area contributed by atoms with Crippen LogP contribution in [0.5, 0.6) is 0 Å². The first-order valence-corrected chi connectivity index (χ1v) is 9.73. The summed E-state index contributed by atoms with van der Waals surface area (Å²) in [5.74, 6) is 0.994. The topological polar surface area (TPSA) is 42.9 Å². The first kappa shape index (κ1) is 22.0. The number of guanidine groups is 1. The number of unbranched alkanes of at least 4 members (excludes halogenated alkanes) is 1. The fourth-order valence-corrected chi connectivity index (χ4v) is 3.63. The van der Waals surface area contributed by atoms with Crippen LogP contribution in [-0.4, -0.2) is 74.7 Å². The highest BCUT2D eigenvalue weighted by atomic mass is 127. The maximum absolute atomic E-state index is 4.37. The van der Waals surface area contributed by atoms with Crippen molar-refractivity contribution in [1.29, 1.82) is 0 Å². The molecule has 1 heterocycles. The fraction of sp³-hybridized carbons (Fsp3) is 0.944. The van der Waals surface area contributed by atoms with Crippen molar-refractivity contribution in [3.05, 3.63) is 0 Å². The molecule has 1 saturated heterocycles. The molecular weight excluding hydrogens is 413 g/mol. The highest BCUT2D eigenvalue weighted by molar-refractivity contribution is 14.0. The zero-order valence-electron chi connectivity index (χ0n) is 15.7. The summed E-state index contributed by atoms with van der Waals surface area (Å²) in [7, 11) is 1.88. The third-order valence-electron chi connectivity index (χ3n) is 5.28.